The normalized spacial score (nSPS) is 18.3. The van der Waals surface area contributed by atoms with Gasteiger partial charge in [-0.25, -0.2) is 0 Å². The van der Waals surface area contributed by atoms with Gasteiger partial charge in [0.2, 0.25) is 5.91 Å². The maximum Gasteiger partial charge on any atom is 0.333 e. The first-order valence-electron chi connectivity index (χ1n) is 5.84. The molecule has 1 atom stereocenters. The van der Waals surface area contributed by atoms with Crippen LogP contribution in [-0.4, -0.2) is 41.8 Å². The van der Waals surface area contributed by atoms with E-state index in [1.165, 1.54) is 26.3 Å². The average molecular weight is 279 g/mol. The molecule has 1 aliphatic heterocycles. The smallest absolute Gasteiger partial charge is 0.333 e. The molecule has 1 unspecified atom stereocenters. The van der Waals surface area contributed by atoms with Crippen LogP contribution < -0.4 is 10.1 Å². The van der Waals surface area contributed by atoms with Crippen molar-refractivity contribution in [3.8, 4) is 5.75 Å². The van der Waals surface area contributed by atoms with Crippen molar-refractivity contribution in [1.82, 2.24) is 4.90 Å². The molecule has 1 N–H and O–H groups in total. The van der Waals surface area contributed by atoms with Crippen LogP contribution in [0.15, 0.2) is 18.2 Å². The van der Waals surface area contributed by atoms with Crippen molar-refractivity contribution in [3.05, 3.63) is 28.3 Å². The van der Waals surface area contributed by atoms with Crippen LogP contribution in [-0.2, 0) is 9.59 Å². The molecule has 2 amide bonds. The Morgan fingerprint density at radius 2 is 2.15 bits per heavy atom. The summed E-state index contributed by atoms with van der Waals surface area (Å²) in [6.45, 7) is 0. The summed E-state index contributed by atoms with van der Waals surface area (Å²) >= 11 is 0. The molecule has 0 spiro atoms. The Balaban J connectivity index is 2.33. The van der Waals surface area contributed by atoms with E-state index in [9.17, 15) is 19.7 Å². The Morgan fingerprint density at radius 1 is 1.45 bits per heavy atom. The second kappa shape index (κ2) is 5.16. The predicted octanol–water partition coefficient (Wildman–Crippen LogP) is 0.773. The number of likely N-dealkylation sites (N-methyl/N-ethyl adjacent to an activating group) is 1. The molecule has 1 aliphatic rings. The van der Waals surface area contributed by atoms with E-state index in [1.54, 1.807) is 6.07 Å². The molecular formula is C12H13N3O5. The topological polar surface area (TPSA) is 102 Å². The fourth-order valence-corrected chi connectivity index (χ4v) is 2.05. The molecule has 0 radical (unpaired) electrons. The lowest BCUT2D eigenvalue weighted by atomic mass is 10.2. The minimum Gasteiger partial charge on any atom is -0.490 e. The number of benzene rings is 1. The fraction of sp³-hybridized carbons (Fsp3) is 0.333. The van der Waals surface area contributed by atoms with E-state index in [0.29, 0.717) is 0 Å². The van der Waals surface area contributed by atoms with Gasteiger partial charge in [0.15, 0.2) is 5.75 Å². The second-order valence-corrected chi connectivity index (χ2v) is 4.31. The van der Waals surface area contributed by atoms with Crippen LogP contribution in [0.2, 0.25) is 0 Å². The van der Waals surface area contributed by atoms with Crippen LogP contribution in [0.1, 0.15) is 6.42 Å². The molecule has 0 saturated carbocycles. The first kappa shape index (κ1) is 13.8. The number of likely N-dealkylation sites (tertiary alicyclic amines) is 1. The molecule has 20 heavy (non-hydrogen) atoms. The highest BCUT2D eigenvalue weighted by molar-refractivity contribution is 6.06. The third-order valence-corrected chi connectivity index (χ3v) is 3.11. The first-order chi connectivity index (χ1) is 9.45. The summed E-state index contributed by atoms with van der Waals surface area (Å²) in [6.07, 6.45) is -0.0241. The summed E-state index contributed by atoms with van der Waals surface area (Å²) in [7, 11) is 2.70. The Kier molecular flexibility index (Phi) is 3.55. The summed E-state index contributed by atoms with van der Waals surface area (Å²) in [6, 6.07) is 3.70. The minimum absolute atomic E-state index is 0.0241. The van der Waals surface area contributed by atoms with Gasteiger partial charge in [0.1, 0.15) is 11.7 Å². The summed E-state index contributed by atoms with van der Waals surface area (Å²) in [4.78, 5) is 34.8. The second-order valence-electron chi connectivity index (χ2n) is 4.31. The third kappa shape index (κ3) is 2.27. The molecule has 0 bridgehead atoms. The maximum absolute atomic E-state index is 11.8. The highest BCUT2D eigenvalue weighted by Gasteiger charge is 2.37. The van der Waals surface area contributed by atoms with Crippen LogP contribution in [0.25, 0.3) is 0 Å². The highest BCUT2D eigenvalue weighted by atomic mass is 16.6. The standard InChI is InChI=1S/C12H13N3O5/c1-14-10(16)6-8(12(14)17)13-7-4-3-5-9(20-2)11(7)15(18)19/h3-5,8,13H,6H2,1-2H3. The van der Waals surface area contributed by atoms with Crippen molar-refractivity contribution in [2.75, 3.05) is 19.5 Å². The molecule has 106 valence electrons. The number of hydrogen-bond acceptors (Lipinski definition) is 6. The molecular weight excluding hydrogens is 266 g/mol. The summed E-state index contributed by atoms with van der Waals surface area (Å²) in [5.41, 5.74) is -0.111. The monoisotopic (exact) mass is 279 g/mol. The van der Waals surface area contributed by atoms with Gasteiger partial charge >= 0.3 is 5.69 Å². The van der Waals surface area contributed by atoms with Crippen LogP contribution in [0.4, 0.5) is 11.4 Å². The Hall–Kier alpha value is -2.64. The Bertz CT molecular complexity index is 586. The van der Waals surface area contributed by atoms with Crippen molar-refractivity contribution < 1.29 is 19.2 Å². The number of nitrogens with zero attached hydrogens (tertiary/aromatic N) is 2. The number of imide groups is 1. The average Bonchev–Trinajstić information content (AvgIpc) is 2.65. The lowest BCUT2D eigenvalue weighted by Gasteiger charge is -2.13. The number of carbonyl (C=O) groups is 2. The van der Waals surface area contributed by atoms with Crippen LogP contribution >= 0.6 is 0 Å². The zero-order valence-corrected chi connectivity index (χ0v) is 11.0. The number of methoxy groups -OCH3 is 1. The third-order valence-electron chi connectivity index (χ3n) is 3.11. The van der Waals surface area contributed by atoms with Crippen molar-refractivity contribution in [2.24, 2.45) is 0 Å². The molecule has 8 heteroatoms. The molecule has 0 aliphatic carbocycles. The van der Waals surface area contributed by atoms with Gasteiger partial charge < -0.3 is 10.1 Å². The number of rotatable bonds is 4. The summed E-state index contributed by atoms with van der Waals surface area (Å²) in [5.74, 6) is -0.643. The summed E-state index contributed by atoms with van der Waals surface area (Å²) in [5, 5.41) is 13.9. The van der Waals surface area contributed by atoms with E-state index in [2.05, 4.69) is 5.32 Å². The van der Waals surface area contributed by atoms with Crippen molar-refractivity contribution in [2.45, 2.75) is 12.5 Å². The zero-order valence-electron chi connectivity index (χ0n) is 11.0. The van der Waals surface area contributed by atoms with Gasteiger partial charge in [0.05, 0.1) is 18.5 Å². The van der Waals surface area contributed by atoms with Crippen LogP contribution in [0, 0.1) is 10.1 Å². The molecule has 1 fully saturated rings. The van der Waals surface area contributed by atoms with E-state index in [1.807, 2.05) is 0 Å². The largest absolute Gasteiger partial charge is 0.490 e. The SMILES string of the molecule is COc1cccc(NC2CC(=O)N(C)C2=O)c1[N+](=O)[O-]. The van der Waals surface area contributed by atoms with Crippen molar-refractivity contribution in [1.29, 1.82) is 0 Å². The number of para-hydroxylation sites is 1. The molecule has 1 heterocycles. The molecule has 0 aromatic heterocycles. The number of nitro benzene ring substituents is 1. The Labute approximate surface area is 114 Å². The van der Waals surface area contributed by atoms with Gasteiger partial charge in [-0.2, -0.15) is 0 Å². The number of carbonyl (C=O) groups excluding carboxylic acids is 2. The highest BCUT2D eigenvalue weighted by Crippen LogP contribution is 2.35. The van der Waals surface area contributed by atoms with Crippen LogP contribution in [0.3, 0.4) is 0 Å². The van der Waals surface area contributed by atoms with Gasteiger partial charge in [0.25, 0.3) is 5.91 Å². The van der Waals surface area contributed by atoms with E-state index < -0.39 is 16.9 Å². The van der Waals surface area contributed by atoms with Crippen molar-refractivity contribution in [3.63, 3.8) is 0 Å². The minimum atomic E-state index is -0.793. The molecule has 1 saturated heterocycles. The van der Waals surface area contributed by atoms with Crippen LogP contribution in [0.5, 0.6) is 5.75 Å². The van der Waals surface area contributed by atoms with Gasteiger partial charge in [-0.15, -0.1) is 0 Å². The molecule has 1 aromatic rings. The summed E-state index contributed by atoms with van der Waals surface area (Å²) < 4.78 is 4.94. The van der Waals surface area contributed by atoms with Gasteiger partial charge in [-0.1, -0.05) is 6.07 Å². The lowest BCUT2D eigenvalue weighted by Crippen LogP contribution is -2.31. The fourth-order valence-electron chi connectivity index (χ4n) is 2.05. The molecule has 8 nitrogen and oxygen atoms in total. The van der Waals surface area contributed by atoms with E-state index in [0.717, 1.165) is 4.90 Å². The number of nitro groups is 1. The lowest BCUT2D eigenvalue weighted by molar-refractivity contribution is -0.384. The number of anilines is 1. The Morgan fingerprint density at radius 3 is 2.65 bits per heavy atom. The predicted molar refractivity (Wildman–Crippen MR) is 69.5 cm³/mol. The number of nitrogens with one attached hydrogen (secondary N) is 1. The number of ether oxygens (including phenoxy) is 1. The number of amides is 2. The van der Waals surface area contributed by atoms with Gasteiger partial charge in [-0.3, -0.25) is 24.6 Å². The first-order valence-corrected chi connectivity index (χ1v) is 5.84. The van der Waals surface area contributed by atoms with E-state index in [4.69, 9.17) is 4.74 Å². The van der Waals surface area contributed by atoms with E-state index >= 15 is 0 Å². The van der Waals surface area contributed by atoms with E-state index in [-0.39, 0.29) is 29.5 Å². The number of hydrogen-bond donors (Lipinski definition) is 1. The quantitative estimate of drug-likeness (QED) is 0.496. The molecule has 2 rings (SSSR count). The van der Waals surface area contributed by atoms with Crippen molar-refractivity contribution >= 4 is 23.2 Å². The maximum atomic E-state index is 11.8. The van der Waals surface area contributed by atoms with Gasteiger partial charge in [-0.05, 0) is 12.1 Å². The molecule has 1 aromatic carbocycles. The zero-order chi connectivity index (χ0) is 14.9. The van der Waals surface area contributed by atoms with Gasteiger partial charge in [0, 0.05) is 7.05 Å².